The summed E-state index contributed by atoms with van der Waals surface area (Å²) in [5, 5.41) is 5.58. The number of amides is 4. The van der Waals surface area contributed by atoms with Crippen molar-refractivity contribution < 1.29 is 23.9 Å². The van der Waals surface area contributed by atoms with Crippen molar-refractivity contribution in [2.45, 2.75) is 50.5 Å². The third-order valence-corrected chi connectivity index (χ3v) is 5.54. The lowest BCUT2D eigenvalue weighted by molar-refractivity contribution is -0.134. The molecule has 2 heterocycles. The molecule has 1 aromatic rings. The van der Waals surface area contributed by atoms with Crippen molar-refractivity contribution in [2.24, 2.45) is 0 Å². The van der Waals surface area contributed by atoms with Gasteiger partial charge in [-0.1, -0.05) is 25.7 Å². The standard InChI is InChI=1S/C20H25N3O5/c24-17(21-14-6-7-15-16(12-14)28-11-5-10-27-15)13-23-18(25)20(22-19(23)26)8-3-1-2-4-9-20/h6-7,12H,1-5,8-11,13H2,(H,21,24)(H,22,26). The Balaban J connectivity index is 1.41. The normalized spacial score (nSPS) is 21.1. The van der Waals surface area contributed by atoms with Gasteiger partial charge >= 0.3 is 6.03 Å². The van der Waals surface area contributed by atoms with Crippen LogP contribution in [0.2, 0.25) is 0 Å². The second-order valence-corrected chi connectivity index (χ2v) is 7.58. The molecule has 2 aliphatic heterocycles. The molecule has 8 nitrogen and oxygen atoms in total. The predicted molar refractivity (Wildman–Crippen MR) is 101 cm³/mol. The van der Waals surface area contributed by atoms with Crippen LogP contribution in [0.25, 0.3) is 0 Å². The quantitative estimate of drug-likeness (QED) is 0.777. The zero-order chi connectivity index (χ0) is 19.6. The summed E-state index contributed by atoms with van der Waals surface area (Å²) in [5.74, 6) is 0.500. The second-order valence-electron chi connectivity index (χ2n) is 7.58. The maximum absolute atomic E-state index is 12.9. The van der Waals surface area contributed by atoms with E-state index in [0.29, 0.717) is 43.2 Å². The zero-order valence-corrected chi connectivity index (χ0v) is 15.8. The Labute approximate surface area is 163 Å². The van der Waals surface area contributed by atoms with Gasteiger partial charge in [-0.05, 0) is 25.0 Å². The molecule has 4 rings (SSSR count). The van der Waals surface area contributed by atoms with E-state index in [1.165, 1.54) is 0 Å². The molecular weight excluding hydrogens is 362 g/mol. The molecule has 0 unspecified atom stereocenters. The first-order valence-electron chi connectivity index (χ1n) is 9.91. The van der Waals surface area contributed by atoms with Crippen LogP contribution in [-0.2, 0) is 9.59 Å². The third-order valence-electron chi connectivity index (χ3n) is 5.54. The van der Waals surface area contributed by atoms with E-state index in [4.69, 9.17) is 9.47 Å². The molecule has 2 fully saturated rings. The topological polar surface area (TPSA) is 97.0 Å². The van der Waals surface area contributed by atoms with Gasteiger partial charge in [-0.15, -0.1) is 0 Å². The van der Waals surface area contributed by atoms with Crippen LogP contribution in [-0.4, -0.2) is 48.0 Å². The van der Waals surface area contributed by atoms with Gasteiger partial charge in [0.05, 0.1) is 13.2 Å². The molecule has 4 amide bonds. The van der Waals surface area contributed by atoms with Crippen LogP contribution in [0.15, 0.2) is 18.2 Å². The highest BCUT2D eigenvalue weighted by Crippen LogP contribution is 2.34. The fraction of sp³-hybridized carbons (Fsp3) is 0.550. The second kappa shape index (κ2) is 7.69. The van der Waals surface area contributed by atoms with Gasteiger partial charge in [-0.25, -0.2) is 4.79 Å². The van der Waals surface area contributed by atoms with E-state index in [0.717, 1.165) is 37.0 Å². The van der Waals surface area contributed by atoms with E-state index in [-0.39, 0.29) is 12.5 Å². The lowest BCUT2D eigenvalue weighted by Crippen LogP contribution is -2.47. The summed E-state index contributed by atoms with van der Waals surface area (Å²) in [5.41, 5.74) is -0.297. The molecule has 0 aromatic heterocycles. The maximum atomic E-state index is 12.9. The molecule has 8 heteroatoms. The number of rotatable bonds is 3. The van der Waals surface area contributed by atoms with Crippen molar-refractivity contribution in [1.29, 1.82) is 0 Å². The molecule has 1 saturated carbocycles. The molecule has 1 aliphatic carbocycles. The van der Waals surface area contributed by atoms with Gasteiger partial charge in [-0.3, -0.25) is 14.5 Å². The van der Waals surface area contributed by atoms with Crippen LogP contribution in [0.4, 0.5) is 10.5 Å². The van der Waals surface area contributed by atoms with Crippen molar-refractivity contribution in [3.8, 4) is 11.5 Å². The van der Waals surface area contributed by atoms with Crippen molar-refractivity contribution in [3.63, 3.8) is 0 Å². The molecule has 2 N–H and O–H groups in total. The summed E-state index contributed by atoms with van der Waals surface area (Å²) in [7, 11) is 0. The first kappa shape index (κ1) is 18.6. The van der Waals surface area contributed by atoms with Crippen LogP contribution >= 0.6 is 0 Å². The van der Waals surface area contributed by atoms with Crippen LogP contribution in [0.3, 0.4) is 0 Å². The fourth-order valence-corrected chi connectivity index (χ4v) is 4.08. The van der Waals surface area contributed by atoms with E-state index in [2.05, 4.69) is 10.6 Å². The van der Waals surface area contributed by atoms with E-state index >= 15 is 0 Å². The molecule has 3 aliphatic rings. The Morgan fingerprint density at radius 1 is 1.04 bits per heavy atom. The summed E-state index contributed by atoms with van der Waals surface area (Å²) in [6, 6.07) is 4.66. The average Bonchev–Trinajstić information content (AvgIpc) is 2.95. The van der Waals surface area contributed by atoms with Gasteiger partial charge in [0.2, 0.25) is 5.91 Å². The fourth-order valence-electron chi connectivity index (χ4n) is 4.08. The Morgan fingerprint density at radius 2 is 1.75 bits per heavy atom. The Morgan fingerprint density at radius 3 is 2.50 bits per heavy atom. The number of carbonyl (C=O) groups excluding carboxylic acids is 3. The molecule has 1 saturated heterocycles. The Kier molecular flexibility index (Phi) is 5.11. The van der Waals surface area contributed by atoms with Crippen LogP contribution in [0.1, 0.15) is 44.9 Å². The van der Waals surface area contributed by atoms with Gasteiger partial charge in [0.15, 0.2) is 11.5 Å². The SMILES string of the molecule is O=C(CN1C(=O)NC2(CCCCCC2)C1=O)Nc1ccc2c(c1)OCCCO2. The minimum Gasteiger partial charge on any atom is -0.490 e. The average molecular weight is 387 g/mol. The van der Waals surface area contributed by atoms with Crippen molar-refractivity contribution in [3.05, 3.63) is 18.2 Å². The summed E-state index contributed by atoms with van der Waals surface area (Å²) in [6.45, 7) is 0.836. The summed E-state index contributed by atoms with van der Waals surface area (Å²) < 4.78 is 11.2. The molecule has 0 atom stereocenters. The molecule has 0 bridgehead atoms. The van der Waals surface area contributed by atoms with E-state index in [9.17, 15) is 14.4 Å². The number of hydrogen-bond acceptors (Lipinski definition) is 5. The van der Waals surface area contributed by atoms with Crippen LogP contribution in [0, 0.1) is 0 Å². The number of fused-ring (bicyclic) bond motifs is 1. The van der Waals surface area contributed by atoms with E-state index in [1.807, 2.05) is 0 Å². The number of anilines is 1. The number of nitrogens with zero attached hydrogens (tertiary/aromatic N) is 1. The number of nitrogens with one attached hydrogen (secondary N) is 2. The first-order chi connectivity index (χ1) is 13.6. The number of hydrogen-bond donors (Lipinski definition) is 2. The predicted octanol–water partition coefficient (Wildman–Crippen LogP) is 2.43. The molecular formula is C20H25N3O5. The number of carbonyl (C=O) groups is 3. The molecule has 1 spiro atoms. The Hall–Kier alpha value is -2.77. The largest absolute Gasteiger partial charge is 0.490 e. The number of ether oxygens (including phenoxy) is 2. The zero-order valence-electron chi connectivity index (χ0n) is 15.8. The highest BCUT2D eigenvalue weighted by atomic mass is 16.5. The summed E-state index contributed by atoms with van der Waals surface area (Å²) in [4.78, 5) is 38.8. The number of urea groups is 1. The molecule has 28 heavy (non-hydrogen) atoms. The van der Waals surface area contributed by atoms with Gasteiger partial charge in [-0.2, -0.15) is 0 Å². The smallest absolute Gasteiger partial charge is 0.325 e. The number of imide groups is 1. The minimum absolute atomic E-state index is 0.284. The van der Waals surface area contributed by atoms with Crippen LogP contribution < -0.4 is 20.1 Å². The van der Waals surface area contributed by atoms with Gasteiger partial charge in [0.1, 0.15) is 12.1 Å². The minimum atomic E-state index is -0.830. The Bertz CT molecular complexity index is 786. The number of benzene rings is 1. The maximum Gasteiger partial charge on any atom is 0.325 e. The van der Waals surface area contributed by atoms with Gasteiger partial charge < -0.3 is 20.1 Å². The highest BCUT2D eigenvalue weighted by Gasteiger charge is 2.51. The lowest BCUT2D eigenvalue weighted by Gasteiger charge is -2.24. The highest BCUT2D eigenvalue weighted by molar-refractivity contribution is 6.10. The first-order valence-corrected chi connectivity index (χ1v) is 9.91. The van der Waals surface area contributed by atoms with Crippen LogP contribution in [0.5, 0.6) is 11.5 Å². The van der Waals surface area contributed by atoms with Crippen molar-refractivity contribution in [1.82, 2.24) is 10.2 Å². The van der Waals surface area contributed by atoms with Crippen molar-refractivity contribution >= 4 is 23.5 Å². The summed E-state index contributed by atoms with van der Waals surface area (Å²) >= 11 is 0. The molecule has 150 valence electrons. The monoisotopic (exact) mass is 387 g/mol. The van der Waals surface area contributed by atoms with Crippen molar-refractivity contribution in [2.75, 3.05) is 25.1 Å². The van der Waals surface area contributed by atoms with Gasteiger partial charge in [0.25, 0.3) is 5.91 Å². The van der Waals surface area contributed by atoms with Gasteiger partial charge in [0, 0.05) is 18.2 Å². The lowest BCUT2D eigenvalue weighted by atomic mass is 9.90. The molecule has 0 radical (unpaired) electrons. The molecule has 1 aromatic carbocycles. The van der Waals surface area contributed by atoms with E-state index in [1.54, 1.807) is 18.2 Å². The van der Waals surface area contributed by atoms with E-state index < -0.39 is 17.5 Å². The summed E-state index contributed by atoms with van der Waals surface area (Å²) in [6.07, 6.45) is 6.01. The third kappa shape index (κ3) is 3.63.